The molecule has 8 nitrogen and oxygen atoms in total. The molecule has 2 aromatic rings. The van der Waals surface area contributed by atoms with E-state index in [-0.39, 0.29) is 12.5 Å². The molecule has 0 spiro atoms. The van der Waals surface area contributed by atoms with Gasteiger partial charge in [0.05, 0.1) is 18.9 Å². The van der Waals surface area contributed by atoms with Gasteiger partial charge in [0.2, 0.25) is 5.91 Å². The van der Waals surface area contributed by atoms with Crippen molar-refractivity contribution in [1.82, 2.24) is 14.8 Å². The van der Waals surface area contributed by atoms with E-state index < -0.39 is 11.3 Å². The maximum atomic E-state index is 13.3. The predicted molar refractivity (Wildman–Crippen MR) is 119 cm³/mol. The van der Waals surface area contributed by atoms with Crippen LogP contribution in [0, 0.1) is 0 Å². The van der Waals surface area contributed by atoms with E-state index in [4.69, 9.17) is 15.2 Å². The van der Waals surface area contributed by atoms with Crippen LogP contribution in [0.15, 0.2) is 48.7 Å². The lowest BCUT2D eigenvalue weighted by molar-refractivity contribution is -0.125. The van der Waals surface area contributed by atoms with Gasteiger partial charge in [0, 0.05) is 44.5 Å². The Morgan fingerprint density at radius 3 is 2.72 bits per heavy atom. The van der Waals surface area contributed by atoms with Crippen LogP contribution in [-0.4, -0.2) is 79.1 Å². The number of carbonyl (C=O) groups excluding carboxylic acids is 2. The summed E-state index contributed by atoms with van der Waals surface area (Å²) in [5.41, 5.74) is 6.01. The number of primary amides is 1. The van der Waals surface area contributed by atoms with Gasteiger partial charge in [0.1, 0.15) is 17.8 Å². The molecule has 8 heteroatoms. The number of benzene rings is 1. The van der Waals surface area contributed by atoms with Crippen LogP contribution in [0.25, 0.3) is 0 Å². The zero-order valence-corrected chi connectivity index (χ0v) is 18.2. The summed E-state index contributed by atoms with van der Waals surface area (Å²) in [5, 5.41) is 0. The molecule has 1 atom stereocenters. The van der Waals surface area contributed by atoms with Crippen molar-refractivity contribution in [2.24, 2.45) is 5.73 Å². The molecule has 0 unspecified atom stereocenters. The number of nitrogens with two attached hydrogens (primary N) is 1. The minimum absolute atomic E-state index is 0.134. The second kappa shape index (κ2) is 10.1. The normalized spacial score (nSPS) is 21.8. The maximum absolute atomic E-state index is 13.3. The maximum Gasteiger partial charge on any atom is 0.254 e. The van der Waals surface area contributed by atoms with Gasteiger partial charge in [-0.1, -0.05) is 12.1 Å². The first-order valence-corrected chi connectivity index (χ1v) is 11.1. The first-order valence-electron chi connectivity index (χ1n) is 11.1. The summed E-state index contributed by atoms with van der Waals surface area (Å²) < 4.78 is 11.3. The molecule has 0 bridgehead atoms. The van der Waals surface area contributed by atoms with E-state index in [9.17, 15) is 9.59 Å². The summed E-state index contributed by atoms with van der Waals surface area (Å²) in [6, 6.07) is 12.7. The van der Waals surface area contributed by atoms with E-state index in [1.54, 1.807) is 29.3 Å². The summed E-state index contributed by atoms with van der Waals surface area (Å²) in [6.45, 7) is 5.49. The number of ether oxygens (including phenoxy) is 2. The number of nitrogens with zero attached hydrogens (tertiary/aromatic N) is 3. The van der Waals surface area contributed by atoms with Crippen LogP contribution in [0.2, 0.25) is 0 Å². The van der Waals surface area contributed by atoms with Crippen LogP contribution in [-0.2, 0) is 14.9 Å². The second-order valence-corrected chi connectivity index (χ2v) is 8.32. The molecule has 2 N–H and O–H groups in total. The number of hydrogen-bond acceptors (Lipinski definition) is 6. The van der Waals surface area contributed by atoms with Crippen LogP contribution in [0.4, 0.5) is 0 Å². The molecule has 32 heavy (non-hydrogen) atoms. The van der Waals surface area contributed by atoms with Crippen LogP contribution in [0.3, 0.4) is 0 Å². The van der Waals surface area contributed by atoms with Gasteiger partial charge in [0.15, 0.2) is 0 Å². The van der Waals surface area contributed by atoms with E-state index in [2.05, 4.69) is 9.88 Å². The fraction of sp³-hybridized carbons (Fsp3) is 0.458. The second-order valence-electron chi connectivity index (χ2n) is 8.32. The Bertz CT molecular complexity index is 933. The number of morpholine rings is 1. The zero-order chi connectivity index (χ0) is 22.4. The molecule has 2 aliphatic heterocycles. The number of pyridine rings is 1. The van der Waals surface area contributed by atoms with Crippen LogP contribution >= 0.6 is 0 Å². The van der Waals surface area contributed by atoms with Crippen molar-refractivity contribution < 1.29 is 19.1 Å². The van der Waals surface area contributed by atoms with E-state index >= 15 is 0 Å². The summed E-state index contributed by atoms with van der Waals surface area (Å²) in [4.78, 5) is 34.2. The molecular weight excluding hydrogens is 408 g/mol. The number of hydrogen-bond donors (Lipinski definition) is 1. The van der Waals surface area contributed by atoms with Gasteiger partial charge < -0.3 is 20.1 Å². The third kappa shape index (κ3) is 4.92. The number of piperidine rings is 1. The molecule has 0 saturated carbocycles. The molecule has 3 heterocycles. The Labute approximate surface area is 188 Å². The van der Waals surface area contributed by atoms with Gasteiger partial charge in [-0.25, -0.2) is 0 Å². The van der Waals surface area contributed by atoms with Gasteiger partial charge in [-0.2, -0.15) is 0 Å². The van der Waals surface area contributed by atoms with Crippen LogP contribution < -0.4 is 10.5 Å². The highest BCUT2D eigenvalue weighted by molar-refractivity contribution is 5.96. The van der Waals surface area contributed by atoms with Crippen molar-refractivity contribution >= 4 is 11.8 Å². The summed E-state index contributed by atoms with van der Waals surface area (Å²) in [6.07, 6.45) is 2.91. The lowest BCUT2D eigenvalue weighted by Gasteiger charge is -2.40. The van der Waals surface area contributed by atoms with Gasteiger partial charge in [-0.15, -0.1) is 0 Å². The van der Waals surface area contributed by atoms with Crippen molar-refractivity contribution in [1.29, 1.82) is 0 Å². The monoisotopic (exact) mass is 438 g/mol. The molecule has 170 valence electrons. The van der Waals surface area contributed by atoms with Gasteiger partial charge in [-0.3, -0.25) is 19.5 Å². The van der Waals surface area contributed by atoms with Gasteiger partial charge in [-0.05, 0) is 43.2 Å². The zero-order valence-electron chi connectivity index (χ0n) is 18.2. The third-order valence-corrected chi connectivity index (χ3v) is 6.27. The molecule has 2 fully saturated rings. The Balaban J connectivity index is 1.43. The predicted octanol–water partition coefficient (Wildman–Crippen LogP) is 1.45. The van der Waals surface area contributed by atoms with Crippen molar-refractivity contribution in [2.75, 3.05) is 52.5 Å². The van der Waals surface area contributed by atoms with Crippen molar-refractivity contribution in [3.8, 4) is 5.75 Å². The molecule has 2 aliphatic rings. The SMILES string of the molecule is NC(=O)[C@]1(c2ccccn2)CCCN(C(=O)c2cccc(OCCN3CCOCC3)c2)C1. The molecule has 2 saturated heterocycles. The van der Waals surface area contributed by atoms with Crippen molar-refractivity contribution in [2.45, 2.75) is 18.3 Å². The fourth-order valence-electron chi connectivity index (χ4n) is 4.43. The number of amides is 2. The molecule has 1 aromatic heterocycles. The molecule has 0 radical (unpaired) electrons. The minimum Gasteiger partial charge on any atom is -0.492 e. The highest BCUT2D eigenvalue weighted by atomic mass is 16.5. The lowest BCUT2D eigenvalue weighted by atomic mass is 9.76. The summed E-state index contributed by atoms with van der Waals surface area (Å²) in [5.74, 6) is 0.0748. The number of aromatic nitrogens is 1. The fourth-order valence-corrected chi connectivity index (χ4v) is 4.43. The Kier molecular flexibility index (Phi) is 7.02. The first-order chi connectivity index (χ1) is 15.6. The first kappa shape index (κ1) is 22.2. The number of carbonyl (C=O) groups is 2. The molecule has 4 rings (SSSR count). The summed E-state index contributed by atoms with van der Waals surface area (Å²) >= 11 is 0. The Morgan fingerprint density at radius 1 is 1.12 bits per heavy atom. The smallest absolute Gasteiger partial charge is 0.254 e. The van der Waals surface area contributed by atoms with Crippen molar-refractivity contribution in [3.63, 3.8) is 0 Å². The van der Waals surface area contributed by atoms with Gasteiger partial charge in [0.25, 0.3) is 5.91 Å². The van der Waals surface area contributed by atoms with E-state index in [1.165, 1.54) is 0 Å². The van der Waals surface area contributed by atoms with Crippen LogP contribution in [0.5, 0.6) is 5.75 Å². The van der Waals surface area contributed by atoms with Crippen molar-refractivity contribution in [3.05, 3.63) is 59.9 Å². The average Bonchev–Trinajstić information content (AvgIpc) is 2.85. The molecule has 1 aromatic carbocycles. The number of rotatable bonds is 7. The van der Waals surface area contributed by atoms with E-state index in [1.807, 2.05) is 24.3 Å². The quantitative estimate of drug-likeness (QED) is 0.703. The van der Waals surface area contributed by atoms with E-state index in [0.29, 0.717) is 43.0 Å². The highest BCUT2D eigenvalue weighted by Crippen LogP contribution is 2.33. The number of likely N-dealkylation sites (tertiary alicyclic amines) is 1. The van der Waals surface area contributed by atoms with Gasteiger partial charge >= 0.3 is 0 Å². The molecular formula is C24H30N4O4. The lowest BCUT2D eigenvalue weighted by Crippen LogP contribution is -2.55. The van der Waals surface area contributed by atoms with Crippen LogP contribution in [0.1, 0.15) is 28.9 Å². The van der Waals surface area contributed by atoms with E-state index in [0.717, 1.165) is 32.8 Å². The minimum atomic E-state index is -0.971. The third-order valence-electron chi connectivity index (χ3n) is 6.27. The average molecular weight is 439 g/mol. The topological polar surface area (TPSA) is 98.0 Å². The largest absolute Gasteiger partial charge is 0.492 e. The molecule has 0 aliphatic carbocycles. The summed E-state index contributed by atoms with van der Waals surface area (Å²) in [7, 11) is 0. The standard InChI is InChI=1S/C24H30N4O4/c25-23(30)24(21-7-1-2-9-26-21)8-4-10-28(18-24)22(29)19-5-3-6-20(17-19)32-16-13-27-11-14-31-15-12-27/h1-3,5-7,9,17H,4,8,10-16,18H2,(H2,25,30)/t24-/m1/s1. The Hall–Kier alpha value is -2.97. The molecule has 2 amide bonds. The Morgan fingerprint density at radius 2 is 1.97 bits per heavy atom. The highest BCUT2D eigenvalue weighted by Gasteiger charge is 2.44.